The summed E-state index contributed by atoms with van der Waals surface area (Å²) in [5.74, 6) is 0.304. The molecular formula is C30H25FN6O3S3. The van der Waals surface area contributed by atoms with Gasteiger partial charge in [-0.15, -0.1) is 32.9 Å². The van der Waals surface area contributed by atoms with Crippen LogP contribution in [-0.2, 0) is 11.3 Å². The molecule has 3 aromatic heterocycles. The fourth-order valence-electron chi connectivity index (χ4n) is 4.69. The van der Waals surface area contributed by atoms with Gasteiger partial charge in [-0.3, -0.25) is 14.2 Å². The van der Waals surface area contributed by atoms with E-state index in [2.05, 4.69) is 15.5 Å². The van der Waals surface area contributed by atoms with Crippen LogP contribution in [0.3, 0.4) is 0 Å². The number of hydrogen-bond acceptors (Lipinski definition) is 9. The van der Waals surface area contributed by atoms with Gasteiger partial charge in [0, 0.05) is 6.42 Å². The summed E-state index contributed by atoms with van der Waals surface area (Å²) < 4.78 is 21.1. The van der Waals surface area contributed by atoms with Crippen LogP contribution in [0.5, 0.6) is 5.75 Å². The molecule has 0 saturated heterocycles. The second-order valence-corrected chi connectivity index (χ2v) is 12.2. The molecule has 0 bridgehead atoms. The van der Waals surface area contributed by atoms with Gasteiger partial charge < -0.3 is 10.1 Å². The lowest BCUT2D eigenvalue weighted by Gasteiger charge is -2.22. The van der Waals surface area contributed by atoms with Crippen molar-refractivity contribution in [3.63, 3.8) is 0 Å². The van der Waals surface area contributed by atoms with E-state index in [1.54, 1.807) is 41.2 Å². The number of thiophene rings is 2. The van der Waals surface area contributed by atoms with Crippen LogP contribution < -0.4 is 10.1 Å². The number of benzene rings is 2. The zero-order valence-corrected chi connectivity index (χ0v) is 25.3. The summed E-state index contributed by atoms with van der Waals surface area (Å²) in [5, 5.41) is 22.1. The van der Waals surface area contributed by atoms with Crippen molar-refractivity contribution in [2.75, 3.05) is 12.9 Å². The van der Waals surface area contributed by atoms with Gasteiger partial charge in [0.25, 0.3) is 11.8 Å². The Bertz CT molecular complexity index is 1750. The predicted octanol–water partition coefficient (Wildman–Crippen LogP) is 5.94. The van der Waals surface area contributed by atoms with E-state index in [4.69, 9.17) is 9.84 Å². The summed E-state index contributed by atoms with van der Waals surface area (Å²) in [6.07, 6.45) is 0.522. The Morgan fingerprint density at radius 3 is 2.56 bits per heavy atom. The number of para-hydroxylation sites is 2. The Labute approximate surface area is 259 Å². The molecule has 1 unspecified atom stereocenters. The van der Waals surface area contributed by atoms with Crippen LogP contribution in [0, 0.1) is 5.82 Å². The lowest BCUT2D eigenvalue weighted by Crippen LogP contribution is -2.28. The van der Waals surface area contributed by atoms with E-state index in [9.17, 15) is 14.0 Å². The van der Waals surface area contributed by atoms with Crippen molar-refractivity contribution in [3.05, 3.63) is 111 Å². The number of halogens is 1. The van der Waals surface area contributed by atoms with Gasteiger partial charge in [-0.25, -0.2) is 9.40 Å². The first-order chi connectivity index (χ1) is 21.0. The molecule has 0 aliphatic carbocycles. The molecule has 2 aromatic carbocycles. The third-order valence-electron chi connectivity index (χ3n) is 6.73. The van der Waals surface area contributed by atoms with Gasteiger partial charge in [0.2, 0.25) is 0 Å². The molecule has 1 atom stereocenters. The molecule has 0 fully saturated rings. The minimum atomic E-state index is -0.360. The number of thioether (sulfide) groups is 1. The summed E-state index contributed by atoms with van der Waals surface area (Å²) in [7, 11) is 1.57. The second kappa shape index (κ2) is 12.9. The lowest BCUT2D eigenvalue weighted by molar-refractivity contribution is -0.130. The molecule has 1 aliphatic heterocycles. The van der Waals surface area contributed by atoms with Gasteiger partial charge in [-0.2, -0.15) is 5.10 Å². The molecule has 1 aliphatic rings. The average Bonchev–Trinajstić information content (AvgIpc) is 3.85. The number of ether oxygens (including phenoxy) is 1. The average molecular weight is 633 g/mol. The van der Waals surface area contributed by atoms with E-state index in [1.807, 2.05) is 53.2 Å². The second-order valence-electron chi connectivity index (χ2n) is 9.39. The molecule has 1 N–H and O–H groups in total. The van der Waals surface area contributed by atoms with Crippen LogP contribution in [-0.4, -0.2) is 50.2 Å². The maximum atomic E-state index is 13.7. The highest BCUT2D eigenvalue weighted by molar-refractivity contribution is 7.99. The van der Waals surface area contributed by atoms with E-state index >= 15 is 0 Å². The number of carbonyl (C=O) groups is 2. The van der Waals surface area contributed by atoms with Crippen molar-refractivity contribution in [2.24, 2.45) is 5.10 Å². The summed E-state index contributed by atoms with van der Waals surface area (Å²) in [6, 6.07) is 20.7. The molecule has 9 nitrogen and oxygen atoms in total. The van der Waals surface area contributed by atoms with Gasteiger partial charge >= 0.3 is 0 Å². The number of carbonyl (C=O) groups excluding carboxylic acids is 2. The summed E-state index contributed by atoms with van der Waals surface area (Å²) in [6.45, 7) is 0.115. The van der Waals surface area contributed by atoms with Crippen molar-refractivity contribution in [1.29, 1.82) is 0 Å². The fourth-order valence-corrected chi connectivity index (χ4v) is 6.87. The number of hydrazone groups is 1. The van der Waals surface area contributed by atoms with Gasteiger partial charge in [0.1, 0.15) is 11.6 Å². The highest BCUT2D eigenvalue weighted by Crippen LogP contribution is 2.35. The zero-order valence-electron chi connectivity index (χ0n) is 22.8. The molecule has 4 heterocycles. The molecule has 6 rings (SSSR count). The molecular weight excluding hydrogens is 608 g/mol. The first kappa shape index (κ1) is 28.8. The normalized spacial score (nSPS) is 14.5. The van der Waals surface area contributed by atoms with Crippen LogP contribution in [0.4, 0.5) is 4.39 Å². The molecule has 218 valence electrons. The first-order valence-corrected chi connectivity index (χ1v) is 16.0. The highest BCUT2D eigenvalue weighted by atomic mass is 32.2. The highest BCUT2D eigenvalue weighted by Gasteiger charge is 2.34. The van der Waals surface area contributed by atoms with Crippen LogP contribution >= 0.6 is 34.4 Å². The number of rotatable bonds is 10. The largest absolute Gasteiger partial charge is 0.495 e. The zero-order chi connectivity index (χ0) is 29.8. The number of methoxy groups -OCH3 is 1. The van der Waals surface area contributed by atoms with Crippen molar-refractivity contribution in [2.45, 2.75) is 24.2 Å². The Balaban J connectivity index is 1.26. The molecule has 43 heavy (non-hydrogen) atoms. The van der Waals surface area contributed by atoms with E-state index in [0.29, 0.717) is 33.7 Å². The van der Waals surface area contributed by atoms with Crippen LogP contribution in [0.25, 0.3) is 5.69 Å². The minimum absolute atomic E-state index is 0.0216. The smallest absolute Gasteiger partial charge is 0.261 e. The van der Waals surface area contributed by atoms with Gasteiger partial charge in [0.15, 0.2) is 11.0 Å². The standard InChI is InChI=1S/C30H25FN6O3S3/c1-40-24-7-3-2-6-22(24)36-27(17-32-29(39)26-9-5-15-42-26)33-34-30(36)43-18-28(38)37-23(19-10-12-20(31)13-11-19)16-21(35-37)25-8-4-14-41-25/h2-15,23H,16-18H2,1H3,(H,32,39). The molecule has 0 saturated carbocycles. The number of nitrogens with one attached hydrogen (secondary N) is 1. The van der Waals surface area contributed by atoms with Gasteiger partial charge in [0.05, 0.1) is 46.6 Å². The number of nitrogens with zero attached hydrogens (tertiary/aromatic N) is 5. The van der Waals surface area contributed by atoms with Gasteiger partial charge in [-0.05, 0) is 52.7 Å². The quantitative estimate of drug-likeness (QED) is 0.191. The number of amides is 2. The summed E-state index contributed by atoms with van der Waals surface area (Å²) in [4.78, 5) is 27.9. The van der Waals surface area contributed by atoms with Crippen molar-refractivity contribution >= 4 is 52.0 Å². The lowest BCUT2D eigenvalue weighted by atomic mass is 10.0. The van der Waals surface area contributed by atoms with Crippen molar-refractivity contribution < 1.29 is 18.7 Å². The predicted molar refractivity (Wildman–Crippen MR) is 166 cm³/mol. The van der Waals surface area contributed by atoms with E-state index in [1.165, 1.54) is 40.2 Å². The number of aromatic nitrogens is 3. The third kappa shape index (κ3) is 6.24. The third-order valence-corrected chi connectivity index (χ3v) is 9.43. The Morgan fingerprint density at radius 1 is 1.02 bits per heavy atom. The van der Waals surface area contributed by atoms with Crippen LogP contribution in [0.15, 0.2) is 93.8 Å². The van der Waals surface area contributed by atoms with E-state index in [0.717, 1.165) is 16.2 Å². The molecule has 0 spiro atoms. The van der Waals surface area contributed by atoms with Crippen molar-refractivity contribution in [1.82, 2.24) is 25.1 Å². The van der Waals surface area contributed by atoms with Crippen molar-refractivity contribution in [3.8, 4) is 11.4 Å². The molecule has 2 amide bonds. The molecule has 5 aromatic rings. The topological polar surface area (TPSA) is 102 Å². The van der Waals surface area contributed by atoms with Crippen LogP contribution in [0.1, 0.15) is 38.4 Å². The maximum Gasteiger partial charge on any atom is 0.261 e. The number of hydrogen-bond donors (Lipinski definition) is 1. The van der Waals surface area contributed by atoms with Gasteiger partial charge in [-0.1, -0.05) is 48.2 Å². The molecule has 0 radical (unpaired) electrons. The van der Waals surface area contributed by atoms with E-state index in [-0.39, 0.29) is 36.0 Å². The Morgan fingerprint density at radius 2 is 1.81 bits per heavy atom. The Kier molecular flexibility index (Phi) is 8.63. The van der Waals surface area contributed by atoms with Crippen LogP contribution in [0.2, 0.25) is 0 Å². The van der Waals surface area contributed by atoms with E-state index < -0.39 is 0 Å². The SMILES string of the molecule is COc1ccccc1-n1c(CNC(=O)c2cccs2)nnc1SCC(=O)N1N=C(c2cccs2)CC1c1ccc(F)cc1. The Hall–Kier alpha value is -4.33. The maximum absolute atomic E-state index is 13.7. The summed E-state index contributed by atoms with van der Waals surface area (Å²) in [5.41, 5.74) is 2.29. The molecule has 13 heteroatoms. The monoisotopic (exact) mass is 632 g/mol. The first-order valence-electron chi connectivity index (χ1n) is 13.2. The minimum Gasteiger partial charge on any atom is -0.495 e. The fraction of sp³-hybridized carbons (Fsp3) is 0.167. The summed E-state index contributed by atoms with van der Waals surface area (Å²) >= 11 is 4.12.